The highest BCUT2D eigenvalue weighted by Gasteiger charge is 2.05. The lowest BCUT2D eigenvalue weighted by Crippen LogP contribution is -1.84. The molecule has 0 atom stereocenters. The van der Waals surface area contributed by atoms with Crippen LogP contribution in [0.3, 0.4) is 0 Å². The topological polar surface area (TPSA) is 32.6 Å². The molecule has 0 aliphatic carbocycles. The van der Waals surface area contributed by atoms with Crippen molar-refractivity contribution in [1.29, 1.82) is 0 Å². The van der Waals surface area contributed by atoms with Gasteiger partial charge in [-0.2, -0.15) is 0 Å². The summed E-state index contributed by atoms with van der Waals surface area (Å²) in [5, 5.41) is 9.89. The molecule has 4 heteroatoms. The number of hydrogen-bond acceptors (Lipinski definition) is 2. The van der Waals surface area contributed by atoms with E-state index >= 15 is 0 Å². The van der Waals surface area contributed by atoms with Crippen molar-refractivity contribution in [3.63, 3.8) is 0 Å². The fourth-order valence-corrected chi connectivity index (χ4v) is 2.72. The van der Waals surface area contributed by atoms with E-state index in [1.807, 2.05) is 37.3 Å². The molecule has 2 rings (SSSR count). The van der Waals surface area contributed by atoms with Crippen molar-refractivity contribution in [2.45, 2.75) is 6.92 Å². The third-order valence-corrected chi connectivity index (χ3v) is 3.51. The molecule has 0 amide bonds. The zero-order chi connectivity index (χ0) is 13.1. The lowest BCUT2D eigenvalue weighted by Gasteiger charge is -2.02. The van der Waals surface area contributed by atoms with Gasteiger partial charge in [0.05, 0.1) is 10.2 Å². The fraction of sp³-hybridized carbons (Fsp3) is 0.0714. The van der Waals surface area contributed by atoms with E-state index in [4.69, 9.17) is 0 Å². The van der Waals surface area contributed by atoms with E-state index in [-0.39, 0.29) is 5.75 Å². The minimum atomic E-state index is 0.189. The van der Waals surface area contributed by atoms with Crippen molar-refractivity contribution >= 4 is 43.8 Å². The lowest BCUT2D eigenvalue weighted by atomic mass is 10.2. The summed E-state index contributed by atoms with van der Waals surface area (Å²) < 4.78 is 1.53. The maximum Gasteiger partial charge on any atom is 0.138 e. The van der Waals surface area contributed by atoms with E-state index < -0.39 is 0 Å². The Morgan fingerprint density at radius 1 is 1.11 bits per heavy atom. The van der Waals surface area contributed by atoms with Gasteiger partial charge in [-0.3, -0.25) is 4.99 Å². The van der Waals surface area contributed by atoms with Crippen LogP contribution in [-0.4, -0.2) is 11.3 Å². The molecule has 0 saturated carbocycles. The maximum absolute atomic E-state index is 9.89. The Morgan fingerprint density at radius 2 is 1.78 bits per heavy atom. The molecule has 0 bridgehead atoms. The molecule has 0 radical (unpaired) electrons. The molecule has 0 fully saturated rings. The minimum absolute atomic E-state index is 0.189. The summed E-state index contributed by atoms with van der Waals surface area (Å²) in [6, 6.07) is 11.5. The third kappa shape index (κ3) is 3.21. The minimum Gasteiger partial charge on any atom is -0.506 e. The zero-order valence-corrected chi connectivity index (χ0v) is 12.9. The second kappa shape index (κ2) is 5.67. The Balaban J connectivity index is 2.31. The van der Waals surface area contributed by atoms with Gasteiger partial charge in [0.2, 0.25) is 0 Å². The second-order valence-electron chi connectivity index (χ2n) is 3.92. The fourth-order valence-electron chi connectivity index (χ4n) is 1.46. The molecule has 0 saturated heterocycles. The van der Waals surface area contributed by atoms with Gasteiger partial charge in [0.1, 0.15) is 5.75 Å². The molecule has 2 nitrogen and oxygen atoms in total. The number of rotatable bonds is 2. The van der Waals surface area contributed by atoms with Crippen molar-refractivity contribution in [1.82, 2.24) is 0 Å². The Bertz CT molecular complexity index is 591. The first-order valence-electron chi connectivity index (χ1n) is 5.35. The first-order valence-corrected chi connectivity index (χ1v) is 6.93. The van der Waals surface area contributed by atoms with E-state index in [0.717, 1.165) is 10.2 Å². The average Bonchev–Trinajstić information content (AvgIpc) is 2.34. The molecule has 0 unspecified atom stereocenters. The van der Waals surface area contributed by atoms with Crippen LogP contribution >= 0.6 is 31.9 Å². The predicted octanol–water partition coefficient (Wildman–Crippen LogP) is 4.98. The molecule has 92 valence electrons. The monoisotopic (exact) mass is 367 g/mol. The number of benzene rings is 2. The van der Waals surface area contributed by atoms with Gasteiger partial charge in [0, 0.05) is 16.3 Å². The molecular weight excluding hydrogens is 358 g/mol. The molecular formula is C14H11Br2NO. The molecule has 0 aliphatic rings. The van der Waals surface area contributed by atoms with Gasteiger partial charge in [0.25, 0.3) is 0 Å². The first kappa shape index (κ1) is 13.3. The van der Waals surface area contributed by atoms with Gasteiger partial charge in [-0.05, 0) is 47.1 Å². The van der Waals surface area contributed by atoms with E-state index in [1.165, 1.54) is 5.56 Å². The smallest absolute Gasteiger partial charge is 0.138 e. The van der Waals surface area contributed by atoms with Crippen LogP contribution in [0.4, 0.5) is 5.69 Å². The summed E-state index contributed by atoms with van der Waals surface area (Å²) >= 11 is 6.67. The number of aryl methyl sites for hydroxylation is 1. The Morgan fingerprint density at radius 3 is 2.44 bits per heavy atom. The number of hydrogen-bond donors (Lipinski definition) is 1. The third-order valence-electron chi connectivity index (χ3n) is 2.44. The number of nitrogens with zero attached hydrogens (tertiary/aromatic N) is 1. The summed E-state index contributed by atoms with van der Waals surface area (Å²) in [7, 11) is 0. The quantitative estimate of drug-likeness (QED) is 0.745. The lowest BCUT2D eigenvalue weighted by molar-refractivity contribution is 0.471. The highest BCUT2D eigenvalue weighted by molar-refractivity contribution is 9.11. The van der Waals surface area contributed by atoms with E-state index in [0.29, 0.717) is 10.0 Å². The normalized spacial score (nSPS) is 11.1. The van der Waals surface area contributed by atoms with Gasteiger partial charge >= 0.3 is 0 Å². The number of aromatic hydroxyl groups is 1. The molecule has 2 aromatic rings. The summed E-state index contributed by atoms with van der Waals surface area (Å²) in [6.45, 7) is 2.03. The number of phenols is 1. The molecule has 0 heterocycles. The van der Waals surface area contributed by atoms with E-state index in [2.05, 4.69) is 36.9 Å². The van der Waals surface area contributed by atoms with Gasteiger partial charge in [-0.1, -0.05) is 33.6 Å². The van der Waals surface area contributed by atoms with Crippen LogP contribution in [0.15, 0.2) is 50.3 Å². The Labute approximate surface area is 123 Å². The van der Waals surface area contributed by atoms with Crippen LogP contribution in [0.25, 0.3) is 0 Å². The number of halogens is 2. The van der Waals surface area contributed by atoms with E-state index in [1.54, 1.807) is 12.3 Å². The summed E-state index contributed by atoms with van der Waals surface area (Å²) in [5.41, 5.74) is 2.72. The van der Waals surface area contributed by atoms with Gasteiger partial charge < -0.3 is 5.11 Å². The van der Waals surface area contributed by atoms with Crippen LogP contribution in [-0.2, 0) is 0 Å². The van der Waals surface area contributed by atoms with Crippen molar-refractivity contribution in [3.05, 3.63) is 56.5 Å². The predicted molar refractivity (Wildman–Crippen MR) is 81.9 cm³/mol. The number of phenolic OH excluding ortho intramolecular Hbond substituents is 1. The molecule has 0 spiro atoms. The van der Waals surface area contributed by atoms with Crippen molar-refractivity contribution in [2.75, 3.05) is 0 Å². The van der Waals surface area contributed by atoms with Crippen LogP contribution in [0.1, 0.15) is 11.1 Å². The highest BCUT2D eigenvalue weighted by atomic mass is 79.9. The van der Waals surface area contributed by atoms with E-state index in [9.17, 15) is 5.11 Å². The molecule has 1 N–H and O–H groups in total. The van der Waals surface area contributed by atoms with Gasteiger partial charge in [0.15, 0.2) is 0 Å². The molecule has 0 aromatic heterocycles. The Hall–Kier alpha value is -1.13. The largest absolute Gasteiger partial charge is 0.506 e. The maximum atomic E-state index is 9.89. The van der Waals surface area contributed by atoms with Crippen molar-refractivity contribution in [2.24, 2.45) is 4.99 Å². The zero-order valence-electron chi connectivity index (χ0n) is 9.69. The highest BCUT2D eigenvalue weighted by Crippen LogP contribution is 2.31. The summed E-state index contributed by atoms with van der Waals surface area (Å²) in [6.07, 6.45) is 1.65. The van der Waals surface area contributed by atoms with Crippen molar-refractivity contribution in [3.8, 4) is 5.75 Å². The van der Waals surface area contributed by atoms with Crippen LogP contribution in [0.5, 0.6) is 5.75 Å². The van der Waals surface area contributed by atoms with Crippen LogP contribution in [0.2, 0.25) is 0 Å². The van der Waals surface area contributed by atoms with Crippen LogP contribution in [0, 0.1) is 6.92 Å². The van der Waals surface area contributed by atoms with Crippen molar-refractivity contribution < 1.29 is 5.11 Å². The number of aliphatic imine (C=N–C) groups is 1. The van der Waals surface area contributed by atoms with Gasteiger partial charge in [-0.25, -0.2) is 0 Å². The SMILES string of the molecule is Cc1ccc(N=Cc2cc(Br)cc(Br)c2O)cc1. The summed E-state index contributed by atoms with van der Waals surface area (Å²) in [5.74, 6) is 0.189. The Kier molecular flexibility index (Phi) is 4.19. The van der Waals surface area contributed by atoms with Crippen LogP contribution < -0.4 is 0 Å². The molecule has 0 aliphatic heterocycles. The molecule has 2 aromatic carbocycles. The average molecular weight is 369 g/mol. The first-order chi connectivity index (χ1) is 8.56. The standard InChI is InChI=1S/C14H11Br2NO/c1-9-2-4-12(5-3-9)17-8-10-6-11(15)7-13(16)14(10)18/h2-8,18H,1H3. The molecule has 18 heavy (non-hydrogen) atoms. The second-order valence-corrected chi connectivity index (χ2v) is 5.69. The van der Waals surface area contributed by atoms with Gasteiger partial charge in [-0.15, -0.1) is 0 Å². The summed E-state index contributed by atoms with van der Waals surface area (Å²) in [4.78, 5) is 4.33.